The van der Waals surface area contributed by atoms with Gasteiger partial charge in [-0.15, -0.1) is 0 Å². The highest BCUT2D eigenvalue weighted by Crippen LogP contribution is 2.15. The molecule has 0 aliphatic rings. The highest BCUT2D eigenvalue weighted by atomic mass is 19.2. The number of hydrogen-bond acceptors (Lipinski definition) is 5. The Morgan fingerprint density at radius 2 is 1.88 bits per heavy atom. The number of aromatic nitrogens is 2. The molecule has 2 rings (SSSR count). The lowest BCUT2D eigenvalue weighted by Gasteiger charge is -2.13. The van der Waals surface area contributed by atoms with Crippen molar-refractivity contribution in [3.8, 4) is 0 Å². The molecule has 2 amide bonds. The van der Waals surface area contributed by atoms with E-state index >= 15 is 0 Å². The molecule has 7 nitrogen and oxygen atoms in total. The summed E-state index contributed by atoms with van der Waals surface area (Å²) in [6.07, 6.45) is 2.05. The van der Waals surface area contributed by atoms with E-state index in [4.69, 9.17) is 0 Å². The molecule has 24 heavy (non-hydrogen) atoms. The van der Waals surface area contributed by atoms with E-state index in [1.807, 2.05) is 0 Å². The van der Waals surface area contributed by atoms with Crippen LogP contribution in [0.5, 0.6) is 0 Å². The number of benzene rings is 1. The van der Waals surface area contributed by atoms with Gasteiger partial charge in [-0.2, -0.15) is 0 Å². The smallest absolute Gasteiger partial charge is 0.314 e. The van der Waals surface area contributed by atoms with Crippen molar-refractivity contribution in [2.24, 2.45) is 0 Å². The number of anilines is 1. The Morgan fingerprint density at radius 1 is 1.12 bits per heavy atom. The fourth-order valence-electron chi connectivity index (χ4n) is 1.83. The third-order valence-corrected chi connectivity index (χ3v) is 3.04. The average Bonchev–Trinajstić information content (AvgIpc) is 2.60. The highest BCUT2D eigenvalue weighted by Gasteiger charge is 2.12. The van der Waals surface area contributed by atoms with Gasteiger partial charge < -0.3 is 21.1 Å². The summed E-state index contributed by atoms with van der Waals surface area (Å²) in [5.74, 6) is -1.59. The van der Waals surface area contributed by atoms with Crippen molar-refractivity contribution >= 4 is 12.0 Å². The molecular formula is C15H17F2N5O2. The number of amides is 2. The molecule has 0 saturated carbocycles. The molecule has 9 heteroatoms. The number of urea groups is 1. The third kappa shape index (κ3) is 5.43. The zero-order chi connectivity index (χ0) is 17.4. The van der Waals surface area contributed by atoms with Gasteiger partial charge in [0.1, 0.15) is 0 Å². The van der Waals surface area contributed by atoms with Gasteiger partial charge in [-0.1, -0.05) is 6.07 Å². The fraction of sp³-hybridized carbons (Fsp3) is 0.267. The monoisotopic (exact) mass is 337 g/mol. The maximum Gasteiger partial charge on any atom is 0.314 e. The quantitative estimate of drug-likeness (QED) is 0.569. The van der Waals surface area contributed by atoms with Gasteiger partial charge in [0.05, 0.1) is 6.10 Å². The summed E-state index contributed by atoms with van der Waals surface area (Å²) in [5, 5.41) is 17.8. The van der Waals surface area contributed by atoms with Crippen molar-refractivity contribution in [1.29, 1.82) is 0 Å². The molecule has 0 fully saturated rings. The van der Waals surface area contributed by atoms with Crippen molar-refractivity contribution < 1.29 is 18.7 Å². The minimum atomic E-state index is -1.14. The highest BCUT2D eigenvalue weighted by molar-refractivity contribution is 5.73. The molecule has 1 aromatic heterocycles. The lowest BCUT2D eigenvalue weighted by Crippen LogP contribution is -2.39. The van der Waals surface area contributed by atoms with Gasteiger partial charge in [-0.05, 0) is 23.8 Å². The lowest BCUT2D eigenvalue weighted by molar-refractivity contribution is 0.172. The van der Waals surface area contributed by atoms with Gasteiger partial charge in [0.15, 0.2) is 11.6 Å². The number of nitrogens with one attached hydrogen (secondary N) is 3. The van der Waals surface area contributed by atoms with Crippen LogP contribution in [0.3, 0.4) is 0 Å². The van der Waals surface area contributed by atoms with Gasteiger partial charge in [0.25, 0.3) is 0 Å². The summed E-state index contributed by atoms with van der Waals surface area (Å²) < 4.78 is 25.9. The number of carbonyl (C=O) groups is 1. The molecule has 4 N–H and O–H groups in total. The van der Waals surface area contributed by atoms with Gasteiger partial charge in [-0.3, -0.25) is 0 Å². The molecule has 0 radical (unpaired) electrons. The minimum Gasteiger partial charge on any atom is -0.387 e. The van der Waals surface area contributed by atoms with Gasteiger partial charge >= 0.3 is 6.03 Å². The van der Waals surface area contributed by atoms with E-state index in [1.54, 1.807) is 18.5 Å². The van der Waals surface area contributed by atoms with Gasteiger partial charge in [0, 0.05) is 32.0 Å². The third-order valence-electron chi connectivity index (χ3n) is 3.04. The molecule has 1 heterocycles. The molecule has 2 aromatic rings. The number of aliphatic hydroxyl groups is 1. The number of halogens is 2. The second kappa shape index (κ2) is 8.73. The lowest BCUT2D eigenvalue weighted by atomic mass is 10.1. The van der Waals surface area contributed by atoms with Crippen molar-refractivity contribution in [3.63, 3.8) is 0 Å². The maximum atomic E-state index is 13.1. The number of hydrogen-bond donors (Lipinski definition) is 4. The Bertz CT molecular complexity index is 672. The van der Waals surface area contributed by atoms with Crippen LogP contribution >= 0.6 is 0 Å². The Balaban J connectivity index is 1.66. The summed E-state index contributed by atoms with van der Waals surface area (Å²) in [4.78, 5) is 19.5. The van der Waals surface area contributed by atoms with E-state index in [1.165, 1.54) is 6.07 Å². The molecule has 0 aliphatic heterocycles. The number of nitrogens with zero attached hydrogens (tertiary/aromatic N) is 2. The molecule has 1 aromatic carbocycles. The molecule has 0 bridgehead atoms. The Morgan fingerprint density at radius 3 is 2.58 bits per heavy atom. The minimum absolute atomic E-state index is 0.133. The van der Waals surface area contributed by atoms with Crippen molar-refractivity contribution in [2.45, 2.75) is 6.10 Å². The van der Waals surface area contributed by atoms with E-state index in [9.17, 15) is 18.7 Å². The van der Waals surface area contributed by atoms with E-state index in [0.717, 1.165) is 12.1 Å². The van der Waals surface area contributed by atoms with E-state index in [-0.39, 0.29) is 12.1 Å². The number of carbonyl (C=O) groups excluding carboxylic acids is 1. The standard InChI is InChI=1S/C15H17F2N5O2/c16-11-3-2-10(8-12(11)17)13(23)9-22-15(24)21-7-6-20-14-18-4-1-5-19-14/h1-5,8,13,23H,6-7,9H2,(H,18,19,20)(H2,21,22,24)/t13-/m0/s1. The molecule has 1 atom stereocenters. The summed E-state index contributed by atoms with van der Waals surface area (Å²) in [5.41, 5.74) is 0.178. The normalized spacial score (nSPS) is 11.6. The molecule has 0 unspecified atom stereocenters. The van der Waals surface area contributed by atoms with Crippen LogP contribution in [0.1, 0.15) is 11.7 Å². The summed E-state index contributed by atoms with van der Waals surface area (Å²) in [7, 11) is 0. The Kier molecular flexibility index (Phi) is 6.38. The van der Waals surface area contributed by atoms with Crippen LogP contribution < -0.4 is 16.0 Å². The van der Waals surface area contributed by atoms with E-state index in [0.29, 0.717) is 19.0 Å². The first-order valence-corrected chi connectivity index (χ1v) is 7.22. The average molecular weight is 337 g/mol. The van der Waals surface area contributed by atoms with Crippen molar-refractivity contribution in [3.05, 3.63) is 53.9 Å². The first-order valence-electron chi connectivity index (χ1n) is 7.22. The predicted octanol–water partition coefficient (Wildman–Crippen LogP) is 1.20. The number of rotatable bonds is 7. The molecule has 128 valence electrons. The molecule has 0 spiro atoms. The van der Waals surface area contributed by atoms with Crippen LogP contribution in [0.2, 0.25) is 0 Å². The topological polar surface area (TPSA) is 99.2 Å². The van der Waals surface area contributed by atoms with Crippen LogP contribution in [0.4, 0.5) is 19.5 Å². The summed E-state index contributed by atoms with van der Waals surface area (Å²) >= 11 is 0. The first kappa shape index (κ1) is 17.5. The van der Waals surface area contributed by atoms with E-state index in [2.05, 4.69) is 25.9 Å². The maximum absolute atomic E-state index is 13.1. The zero-order valence-corrected chi connectivity index (χ0v) is 12.7. The fourth-order valence-corrected chi connectivity index (χ4v) is 1.83. The molecule has 0 aliphatic carbocycles. The Labute approximate surface area is 137 Å². The second-order valence-electron chi connectivity index (χ2n) is 4.83. The van der Waals surface area contributed by atoms with E-state index < -0.39 is 23.8 Å². The summed E-state index contributed by atoms with van der Waals surface area (Å²) in [6.45, 7) is 0.598. The van der Waals surface area contributed by atoms with Crippen LogP contribution in [-0.2, 0) is 0 Å². The first-order chi connectivity index (χ1) is 11.6. The number of aliphatic hydroxyl groups excluding tert-OH is 1. The van der Waals surface area contributed by atoms with Crippen LogP contribution in [-0.4, -0.2) is 40.7 Å². The predicted molar refractivity (Wildman–Crippen MR) is 83.2 cm³/mol. The van der Waals surface area contributed by atoms with Gasteiger partial charge in [-0.25, -0.2) is 23.5 Å². The zero-order valence-electron chi connectivity index (χ0n) is 12.7. The van der Waals surface area contributed by atoms with Gasteiger partial charge in [0.2, 0.25) is 5.95 Å². The van der Waals surface area contributed by atoms with Crippen molar-refractivity contribution in [1.82, 2.24) is 20.6 Å². The van der Waals surface area contributed by atoms with Crippen LogP contribution in [0.25, 0.3) is 0 Å². The van der Waals surface area contributed by atoms with Crippen molar-refractivity contribution in [2.75, 3.05) is 25.0 Å². The van der Waals surface area contributed by atoms with Crippen LogP contribution in [0, 0.1) is 11.6 Å². The molecular weight excluding hydrogens is 320 g/mol. The second-order valence-corrected chi connectivity index (χ2v) is 4.83. The summed E-state index contributed by atoms with van der Waals surface area (Å²) in [6, 6.07) is 4.27. The largest absolute Gasteiger partial charge is 0.387 e. The Hall–Kier alpha value is -2.81. The molecule has 0 saturated heterocycles. The SMILES string of the molecule is O=C(NCCNc1ncccn1)NC[C@H](O)c1ccc(F)c(F)c1. The van der Waals surface area contributed by atoms with Crippen LogP contribution in [0.15, 0.2) is 36.7 Å².